The van der Waals surface area contributed by atoms with Gasteiger partial charge in [0.15, 0.2) is 9.84 Å². The maximum absolute atomic E-state index is 11.9. The van der Waals surface area contributed by atoms with Crippen molar-refractivity contribution in [2.75, 3.05) is 6.26 Å². The first-order valence-electron chi connectivity index (χ1n) is 6.93. The van der Waals surface area contributed by atoms with E-state index in [1.807, 2.05) is 12.2 Å². The molecule has 1 aromatic rings. The van der Waals surface area contributed by atoms with Gasteiger partial charge in [-0.25, -0.2) is 8.42 Å². The Bertz CT molecular complexity index is 693. The molecule has 2 N–H and O–H groups in total. The van der Waals surface area contributed by atoms with E-state index in [-0.39, 0.29) is 22.3 Å². The van der Waals surface area contributed by atoms with Crippen molar-refractivity contribution in [3.63, 3.8) is 0 Å². The minimum absolute atomic E-state index is 0.127. The Morgan fingerprint density at radius 2 is 1.77 bits per heavy atom. The summed E-state index contributed by atoms with van der Waals surface area (Å²) in [6, 6.07) is 5.53. The van der Waals surface area contributed by atoms with Crippen molar-refractivity contribution < 1.29 is 18.0 Å². The fourth-order valence-corrected chi connectivity index (χ4v) is 2.81. The third-order valence-electron chi connectivity index (χ3n) is 3.48. The number of hydrogen-bond acceptors (Lipinski definition) is 4. The Morgan fingerprint density at radius 1 is 1.09 bits per heavy atom. The molecule has 6 nitrogen and oxygen atoms in total. The highest BCUT2D eigenvalue weighted by Gasteiger charge is 2.19. The number of nitrogens with one attached hydrogen (secondary N) is 2. The van der Waals surface area contributed by atoms with Crippen LogP contribution in [0.3, 0.4) is 0 Å². The van der Waals surface area contributed by atoms with Gasteiger partial charge in [-0.15, -0.1) is 0 Å². The molecule has 0 radical (unpaired) electrons. The van der Waals surface area contributed by atoms with Crippen molar-refractivity contribution in [3.05, 3.63) is 42.0 Å². The number of carbonyl (C=O) groups excluding carboxylic acids is 2. The van der Waals surface area contributed by atoms with E-state index in [1.54, 1.807) is 0 Å². The van der Waals surface area contributed by atoms with Gasteiger partial charge in [-0.05, 0) is 43.5 Å². The van der Waals surface area contributed by atoms with Crippen molar-refractivity contribution in [1.29, 1.82) is 0 Å². The van der Waals surface area contributed by atoms with E-state index in [0.717, 1.165) is 19.1 Å². The molecule has 118 valence electrons. The zero-order valence-corrected chi connectivity index (χ0v) is 13.0. The summed E-state index contributed by atoms with van der Waals surface area (Å²) in [6.07, 6.45) is 7.39. The Morgan fingerprint density at radius 3 is 2.32 bits per heavy atom. The normalized spacial score (nSPS) is 17.8. The van der Waals surface area contributed by atoms with Crippen LogP contribution in [0, 0.1) is 5.92 Å². The zero-order valence-electron chi connectivity index (χ0n) is 12.2. The smallest absolute Gasteiger partial charge is 0.269 e. The van der Waals surface area contributed by atoms with E-state index >= 15 is 0 Å². The Labute approximate surface area is 129 Å². The highest BCUT2D eigenvalue weighted by atomic mass is 32.2. The van der Waals surface area contributed by atoms with Crippen molar-refractivity contribution in [2.24, 2.45) is 5.92 Å². The molecular formula is C15H18N2O4S. The number of allylic oxidation sites excluding steroid dienone is 2. The average molecular weight is 322 g/mol. The SMILES string of the molecule is CS(=O)(=O)c1ccc(C(=O)NNC(=O)C2CC=CCC2)cc1. The Hall–Kier alpha value is -2.15. The molecule has 2 rings (SSSR count). The largest absolute Gasteiger partial charge is 0.273 e. The van der Waals surface area contributed by atoms with Gasteiger partial charge in [-0.3, -0.25) is 20.4 Å². The van der Waals surface area contributed by atoms with Crippen LogP contribution in [-0.2, 0) is 14.6 Å². The molecule has 0 heterocycles. The molecule has 0 saturated carbocycles. The van der Waals surface area contributed by atoms with Crippen molar-refractivity contribution >= 4 is 21.7 Å². The van der Waals surface area contributed by atoms with Crippen LogP contribution in [0.5, 0.6) is 0 Å². The molecule has 1 aliphatic rings. The molecule has 1 aromatic carbocycles. The molecule has 0 aromatic heterocycles. The van der Waals surface area contributed by atoms with Gasteiger partial charge in [0.2, 0.25) is 5.91 Å². The number of hydrogen-bond donors (Lipinski definition) is 2. The molecule has 0 bridgehead atoms. The number of sulfone groups is 1. The molecule has 0 spiro atoms. The molecule has 0 saturated heterocycles. The summed E-state index contributed by atoms with van der Waals surface area (Å²) < 4.78 is 22.7. The number of rotatable bonds is 3. The second-order valence-electron chi connectivity index (χ2n) is 5.22. The van der Waals surface area contributed by atoms with Crippen LogP contribution in [0.2, 0.25) is 0 Å². The lowest BCUT2D eigenvalue weighted by Crippen LogP contribution is -2.44. The topological polar surface area (TPSA) is 92.3 Å². The number of carbonyl (C=O) groups is 2. The van der Waals surface area contributed by atoms with Gasteiger partial charge < -0.3 is 0 Å². The average Bonchev–Trinajstić information content (AvgIpc) is 2.52. The van der Waals surface area contributed by atoms with Gasteiger partial charge in [-0.1, -0.05) is 12.2 Å². The van der Waals surface area contributed by atoms with Crippen LogP contribution in [-0.4, -0.2) is 26.5 Å². The fourth-order valence-electron chi connectivity index (χ4n) is 2.18. The van der Waals surface area contributed by atoms with Gasteiger partial charge >= 0.3 is 0 Å². The standard InChI is InChI=1S/C15H18N2O4S/c1-22(20,21)13-9-7-12(8-10-13)15(19)17-16-14(18)11-5-3-2-4-6-11/h2-3,7-11H,4-6H2,1H3,(H,16,18)(H,17,19). The summed E-state index contributed by atoms with van der Waals surface area (Å²) in [5.41, 5.74) is 5.02. The Balaban J connectivity index is 1.92. The molecule has 1 aliphatic carbocycles. The van der Waals surface area contributed by atoms with Gasteiger partial charge in [0.05, 0.1) is 4.90 Å². The quantitative estimate of drug-likeness (QED) is 0.646. The summed E-state index contributed by atoms with van der Waals surface area (Å²) in [5.74, 6) is -0.830. The lowest BCUT2D eigenvalue weighted by molar-refractivity contribution is -0.126. The van der Waals surface area contributed by atoms with Crippen LogP contribution in [0.4, 0.5) is 0 Å². The molecule has 22 heavy (non-hydrogen) atoms. The first-order valence-corrected chi connectivity index (χ1v) is 8.82. The van der Waals surface area contributed by atoms with Crippen molar-refractivity contribution in [3.8, 4) is 0 Å². The first kappa shape index (κ1) is 16.2. The van der Waals surface area contributed by atoms with Crippen LogP contribution < -0.4 is 10.9 Å². The molecular weight excluding hydrogens is 304 g/mol. The predicted molar refractivity (Wildman–Crippen MR) is 81.6 cm³/mol. The van der Waals surface area contributed by atoms with E-state index in [2.05, 4.69) is 10.9 Å². The molecule has 0 fully saturated rings. The summed E-state index contributed by atoms with van der Waals surface area (Å²) in [5, 5.41) is 0. The van der Waals surface area contributed by atoms with Crippen LogP contribution >= 0.6 is 0 Å². The van der Waals surface area contributed by atoms with Crippen molar-refractivity contribution in [2.45, 2.75) is 24.2 Å². The highest BCUT2D eigenvalue weighted by Crippen LogP contribution is 2.17. The van der Waals surface area contributed by atoms with Crippen molar-refractivity contribution in [1.82, 2.24) is 10.9 Å². The van der Waals surface area contributed by atoms with Gasteiger partial charge in [0.25, 0.3) is 5.91 Å². The Kier molecular flexibility index (Phi) is 4.97. The highest BCUT2D eigenvalue weighted by molar-refractivity contribution is 7.90. The summed E-state index contributed by atoms with van der Waals surface area (Å²) >= 11 is 0. The molecule has 2 amide bonds. The van der Waals surface area contributed by atoms with E-state index in [9.17, 15) is 18.0 Å². The second-order valence-corrected chi connectivity index (χ2v) is 7.24. The van der Waals surface area contributed by atoms with Gasteiger partial charge in [0, 0.05) is 17.7 Å². The second kappa shape index (κ2) is 6.74. The van der Waals surface area contributed by atoms with E-state index < -0.39 is 15.7 Å². The summed E-state index contributed by atoms with van der Waals surface area (Å²) in [4.78, 5) is 23.9. The summed E-state index contributed by atoms with van der Waals surface area (Å²) in [7, 11) is -3.29. The molecule has 0 aliphatic heterocycles. The maximum Gasteiger partial charge on any atom is 0.269 e. The minimum atomic E-state index is -3.29. The minimum Gasteiger partial charge on any atom is -0.273 e. The molecule has 7 heteroatoms. The predicted octanol–water partition coefficient (Wildman–Crippen LogP) is 1.21. The third kappa shape index (κ3) is 4.17. The summed E-state index contributed by atoms with van der Waals surface area (Å²) in [6.45, 7) is 0. The van der Waals surface area contributed by atoms with E-state index in [1.165, 1.54) is 24.3 Å². The lowest BCUT2D eigenvalue weighted by atomic mass is 9.94. The monoisotopic (exact) mass is 322 g/mol. The number of hydrazine groups is 1. The van der Waals surface area contributed by atoms with Gasteiger partial charge in [0.1, 0.15) is 0 Å². The number of benzene rings is 1. The third-order valence-corrected chi connectivity index (χ3v) is 4.61. The zero-order chi connectivity index (χ0) is 16.2. The maximum atomic E-state index is 11.9. The molecule has 1 unspecified atom stereocenters. The van der Waals surface area contributed by atoms with Crippen LogP contribution in [0.25, 0.3) is 0 Å². The van der Waals surface area contributed by atoms with E-state index in [0.29, 0.717) is 6.42 Å². The number of amides is 2. The lowest BCUT2D eigenvalue weighted by Gasteiger charge is -2.17. The fraction of sp³-hybridized carbons (Fsp3) is 0.333. The molecule has 1 atom stereocenters. The van der Waals surface area contributed by atoms with Gasteiger partial charge in [-0.2, -0.15) is 0 Å². The first-order chi connectivity index (χ1) is 10.4. The van der Waals surface area contributed by atoms with E-state index in [4.69, 9.17) is 0 Å². The van der Waals surface area contributed by atoms with Crippen LogP contribution in [0.15, 0.2) is 41.3 Å². The van der Waals surface area contributed by atoms with Crippen LogP contribution in [0.1, 0.15) is 29.6 Å².